The molecule has 72 heavy (non-hydrogen) atoms. The molecule has 0 heterocycles. The van der Waals surface area contributed by atoms with E-state index in [2.05, 4.69) is 154 Å². The Hall–Kier alpha value is -4.45. The van der Waals surface area contributed by atoms with Gasteiger partial charge in [-0.3, -0.25) is 14.4 Å². The molecule has 6 nitrogen and oxygen atoms in total. The minimum atomic E-state index is -0.811. The van der Waals surface area contributed by atoms with Gasteiger partial charge in [-0.15, -0.1) is 0 Å². The van der Waals surface area contributed by atoms with E-state index in [0.717, 1.165) is 161 Å². The topological polar surface area (TPSA) is 78.9 Å². The van der Waals surface area contributed by atoms with Gasteiger partial charge >= 0.3 is 17.9 Å². The van der Waals surface area contributed by atoms with E-state index in [1.54, 1.807) is 0 Å². The Morgan fingerprint density at radius 2 is 0.556 bits per heavy atom. The van der Waals surface area contributed by atoms with Crippen LogP contribution in [-0.2, 0) is 28.6 Å². The molecule has 0 aromatic rings. The number of hydrogen-bond donors (Lipinski definition) is 0. The SMILES string of the molecule is CC/C=C\C/C=C\C/C=C\C/C=C\C/C=C\C/C=C\C/C=C\CCCCCC(=O)OCC(COC(=O)CCCCCCC/C=C\C/C=C\CCCC)OC(=O)CCCCCCC/C=C\C/C=C\CCCCC. The molecule has 0 aliphatic heterocycles. The number of rotatable bonds is 51. The summed E-state index contributed by atoms with van der Waals surface area (Å²) in [5.41, 5.74) is 0. The smallest absolute Gasteiger partial charge is 0.306 e. The van der Waals surface area contributed by atoms with Gasteiger partial charge in [0.1, 0.15) is 13.2 Å². The minimum absolute atomic E-state index is 0.106. The highest BCUT2D eigenvalue weighted by atomic mass is 16.6. The van der Waals surface area contributed by atoms with Crippen LogP contribution >= 0.6 is 0 Å². The highest BCUT2D eigenvalue weighted by Gasteiger charge is 2.19. The van der Waals surface area contributed by atoms with Crippen LogP contribution in [0.25, 0.3) is 0 Å². The van der Waals surface area contributed by atoms with Gasteiger partial charge in [-0.25, -0.2) is 0 Å². The zero-order valence-corrected chi connectivity index (χ0v) is 46.4. The summed E-state index contributed by atoms with van der Waals surface area (Å²) in [6.45, 7) is 6.40. The summed E-state index contributed by atoms with van der Waals surface area (Å²) < 4.78 is 16.8. The number of unbranched alkanes of at least 4 members (excludes halogenated alkanes) is 18. The highest BCUT2D eigenvalue weighted by molar-refractivity contribution is 5.71. The second kappa shape index (κ2) is 59.1. The Morgan fingerprint density at radius 3 is 0.903 bits per heavy atom. The van der Waals surface area contributed by atoms with Gasteiger partial charge in [-0.1, -0.05) is 225 Å². The molecule has 6 heteroatoms. The number of hydrogen-bond acceptors (Lipinski definition) is 6. The zero-order valence-electron chi connectivity index (χ0n) is 46.4. The number of esters is 3. The molecular formula is C66H106O6. The molecular weight excluding hydrogens is 889 g/mol. The van der Waals surface area contributed by atoms with E-state index in [0.29, 0.717) is 19.3 Å². The lowest BCUT2D eigenvalue weighted by Gasteiger charge is -2.18. The van der Waals surface area contributed by atoms with Gasteiger partial charge in [0.25, 0.3) is 0 Å². The van der Waals surface area contributed by atoms with Crippen molar-refractivity contribution < 1.29 is 28.6 Å². The maximum absolute atomic E-state index is 12.8. The van der Waals surface area contributed by atoms with Crippen LogP contribution in [0.15, 0.2) is 134 Å². The molecule has 1 atom stereocenters. The monoisotopic (exact) mass is 995 g/mol. The molecule has 0 bridgehead atoms. The van der Waals surface area contributed by atoms with Crippen LogP contribution in [-0.4, -0.2) is 37.2 Å². The lowest BCUT2D eigenvalue weighted by molar-refractivity contribution is -0.167. The summed E-state index contributed by atoms with van der Waals surface area (Å²) in [6, 6.07) is 0. The Kier molecular flexibility index (Phi) is 55.5. The van der Waals surface area contributed by atoms with Crippen LogP contribution in [0.3, 0.4) is 0 Å². The highest BCUT2D eigenvalue weighted by Crippen LogP contribution is 2.13. The first-order valence-corrected chi connectivity index (χ1v) is 29.2. The molecule has 0 N–H and O–H groups in total. The number of carbonyl (C=O) groups excluding carboxylic acids is 3. The quantitative estimate of drug-likeness (QED) is 0.0261. The van der Waals surface area contributed by atoms with Gasteiger partial charge < -0.3 is 14.2 Å². The molecule has 1 unspecified atom stereocenters. The second-order valence-corrected chi connectivity index (χ2v) is 18.8. The molecule has 0 aliphatic carbocycles. The molecule has 0 aliphatic rings. The lowest BCUT2D eigenvalue weighted by atomic mass is 10.1. The third kappa shape index (κ3) is 56.5. The summed E-state index contributed by atoms with van der Waals surface area (Å²) in [5.74, 6) is -0.971. The molecule has 0 fully saturated rings. The van der Waals surface area contributed by atoms with Gasteiger partial charge in [0.2, 0.25) is 0 Å². The minimum Gasteiger partial charge on any atom is -0.462 e. The number of ether oxygens (including phenoxy) is 3. The maximum atomic E-state index is 12.8. The van der Waals surface area contributed by atoms with E-state index in [-0.39, 0.29) is 31.1 Å². The van der Waals surface area contributed by atoms with Crippen molar-refractivity contribution in [2.45, 2.75) is 252 Å². The van der Waals surface area contributed by atoms with E-state index in [1.807, 2.05) is 0 Å². The van der Waals surface area contributed by atoms with Crippen LogP contribution in [0.2, 0.25) is 0 Å². The van der Waals surface area contributed by atoms with E-state index in [1.165, 1.54) is 44.9 Å². The normalized spacial score (nSPS) is 13.1. The molecule has 0 amide bonds. The van der Waals surface area contributed by atoms with Crippen molar-refractivity contribution in [3.8, 4) is 0 Å². The van der Waals surface area contributed by atoms with Gasteiger partial charge in [0.15, 0.2) is 6.10 Å². The fraction of sp³-hybridized carbons (Fsp3) is 0.621. The van der Waals surface area contributed by atoms with E-state index < -0.39 is 6.10 Å². The fourth-order valence-electron chi connectivity index (χ4n) is 7.47. The van der Waals surface area contributed by atoms with Crippen molar-refractivity contribution in [3.05, 3.63) is 134 Å². The first-order chi connectivity index (χ1) is 35.5. The van der Waals surface area contributed by atoms with Crippen LogP contribution in [0.5, 0.6) is 0 Å². The van der Waals surface area contributed by atoms with Crippen molar-refractivity contribution in [1.82, 2.24) is 0 Å². The largest absolute Gasteiger partial charge is 0.462 e. The Balaban J connectivity index is 4.47. The Labute approximate surface area is 443 Å². The maximum Gasteiger partial charge on any atom is 0.306 e. The van der Waals surface area contributed by atoms with Gasteiger partial charge in [-0.05, 0) is 135 Å². The standard InChI is InChI=1S/C66H106O6/c1-4-7-10-13-16-19-22-25-28-29-30-31-32-33-34-35-36-37-39-41-44-47-50-53-56-59-65(68)71-62-63(61-70-64(67)58-55-52-49-46-43-40-27-24-21-18-15-12-9-6-3)72-66(69)60-57-54-51-48-45-42-38-26-23-20-17-14-11-8-5-2/h7,10,15-20,24-28,30-31,33-34,36-38,41,44,63H,4-6,8-9,11-14,21-23,29,32,35,39-40,42-43,45-62H2,1-3H3/b10-7-,18-15-,19-16-,20-17-,27-24-,28-25-,31-30-,34-33-,37-36-,38-26-,44-41-. The summed E-state index contributed by atoms with van der Waals surface area (Å²) in [4.78, 5) is 38.2. The fourth-order valence-corrected chi connectivity index (χ4v) is 7.47. The van der Waals surface area contributed by atoms with E-state index in [9.17, 15) is 14.4 Å². The number of carbonyl (C=O) groups is 3. The summed E-state index contributed by atoms with van der Waals surface area (Å²) >= 11 is 0. The first kappa shape index (κ1) is 67.5. The summed E-state index contributed by atoms with van der Waals surface area (Å²) in [6.07, 6.45) is 82.9. The van der Waals surface area contributed by atoms with Crippen LogP contribution < -0.4 is 0 Å². The molecule has 0 spiro atoms. The van der Waals surface area contributed by atoms with Crippen molar-refractivity contribution in [2.75, 3.05) is 13.2 Å². The molecule has 0 aromatic heterocycles. The molecule has 0 aromatic carbocycles. The van der Waals surface area contributed by atoms with Crippen LogP contribution in [0.1, 0.15) is 245 Å². The van der Waals surface area contributed by atoms with E-state index >= 15 is 0 Å². The summed E-state index contributed by atoms with van der Waals surface area (Å²) in [7, 11) is 0. The molecule has 0 rings (SSSR count). The lowest BCUT2D eigenvalue weighted by Crippen LogP contribution is -2.30. The molecule has 406 valence electrons. The third-order valence-corrected chi connectivity index (χ3v) is 11.9. The Morgan fingerprint density at radius 1 is 0.292 bits per heavy atom. The van der Waals surface area contributed by atoms with Crippen molar-refractivity contribution in [1.29, 1.82) is 0 Å². The molecule has 0 saturated heterocycles. The molecule has 0 radical (unpaired) electrons. The zero-order chi connectivity index (χ0) is 52.2. The third-order valence-electron chi connectivity index (χ3n) is 11.9. The van der Waals surface area contributed by atoms with Gasteiger partial charge in [0.05, 0.1) is 0 Å². The van der Waals surface area contributed by atoms with Crippen molar-refractivity contribution in [3.63, 3.8) is 0 Å². The van der Waals surface area contributed by atoms with Crippen molar-refractivity contribution in [2.24, 2.45) is 0 Å². The van der Waals surface area contributed by atoms with Crippen LogP contribution in [0, 0.1) is 0 Å². The number of allylic oxidation sites excluding steroid dienone is 22. The van der Waals surface area contributed by atoms with E-state index in [4.69, 9.17) is 14.2 Å². The summed E-state index contributed by atoms with van der Waals surface area (Å²) in [5, 5.41) is 0. The van der Waals surface area contributed by atoms with Gasteiger partial charge in [0, 0.05) is 19.3 Å². The molecule has 0 saturated carbocycles. The predicted octanol–water partition coefficient (Wildman–Crippen LogP) is 19.8. The first-order valence-electron chi connectivity index (χ1n) is 29.2. The predicted molar refractivity (Wildman–Crippen MR) is 311 cm³/mol. The van der Waals surface area contributed by atoms with Gasteiger partial charge in [-0.2, -0.15) is 0 Å². The Bertz CT molecular complexity index is 1560. The van der Waals surface area contributed by atoms with Crippen molar-refractivity contribution >= 4 is 17.9 Å². The second-order valence-electron chi connectivity index (χ2n) is 18.8. The van der Waals surface area contributed by atoms with Crippen LogP contribution in [0.4, 0.5) is 0 Å². The average molecular weight is 996 g/mol. The average Bonchev–Trinajstić information content (AvgIpc) is 3.38.